The van der Waals surface area contributed by atoms with Gasteiger partial charge in [-0.2, -0.15) is 4.31 Å². The number of furan rings is 1. The SMILES string of the molecule is NS(=O)(=O)c1ccc(N=Cc2ccc(CN(Cc3ccc(Cl)cc3)S(=O)(=O)c3ccc(Cl)cc3)o2)cc1. The molecule has 1 heterocycles. The molecule has 37 heavy (non-hydrogen) atoms. The van der Waals surface area contributed by atoms with Crippen LogP contribution in [0, 0.1) is 0 Å². The van der Waals surface area contributed by atoms with Crippen LogP contribution in [0.1, 0.15) is 17.1 Å². The van der Waals surface area contributed by atoms with Crippen molar-refractivity contribution in [1.29, 1.82) is 0 Å². The number of hydrogen-bond acceptors (Lipinski definition) is 6. The number of nitrogens with two attached hydrogens (primary N) is 1. The highest BCUT2D eigenvalue weighted by atomic mass is 35.5. The monoisotopic (exact) mass is 577 g/mol. The van der Waals surface area contributed by atoms with E-state index in [9.17, 15) is 16.8 Å². The Morgan fingerprint density at radius 2 is 1.32 bits per heavy atom. The van der Waals surface area contributed by atoms with Crippen LogP contribution in [-0.4, -0.2) is 27.4 Å². The molecular formula is C25H21Cl2N3O5S2. The van der Waals surface area contributed by atoms with Crippen molar-refractivity contribution >= 4 is 55.2 Å². The summed E-state index contributed by atoms with van der Waals surface area (Å²) in [5.41, 5.74) is 1.23. The molecule has 4 rings (SSSR count). The van der Waals surface area contributed by atoms with Gasteiger partial charge in [-0.25, -0.2) is 22.0 Å². The zero-order valence-electron chi connectivity index (χ0n) is 19.2. The lowest BCUT2D eigenvalue weighted by molar-refractivity contribution is 0.357. The molecule has 0 saturated carbocycles. The molecule has 192 valence electrons. The van der Waals surface area contributed by atoms with Crippen LogP contribution in [-0.2, 0) is 33.1 Å². The van der Waals surface area contributed by atoms with Crippen molar-refractivity contribution < 1.29 is 21.3 Å². The van der Waals surface area contributed by atoms with Crippen molar-refractivity contribution in [2.24, 2.45) is 10.1 Å². The standard InChI is InChI=1S/C25H21Cl2N3O5S2/c26-19-3-1-18(2-4-19)16-30(37(33,34)25-11-5-20(27)6-12-25)17-23-10-9-22(35-23)15-29-21-7-13-24(14-8-21)36(28,31)32/h1-15H,16-17H2,(H2,28,31,32). The van der Waals surface area contributed by atoms with Gasteiger partial charge in [-0.1, -0.05) is 35.3 Å². The molecule has 0 radical (unpaired) electrons. The van der Waals surface area contributed by atoms with Crippen LogP contribution in [0.2, 0.25) is 10.0 Å². The summed E-state index contributed by atoms with van der Waals surface area (Å²) in [6.07, 6.45) is 1.45. The van der Waals surface area contributed by atoms with Crippen molar-refractivity contribution in [2.75, 3.05) is 0 Å². The van der Waals surface area contributed by atoms with Gasteiger partial charge in [0.15, 0.2) is 0 Å². The van der Waals surface area contributed by atoms with Crippen LogP contribution in [0.15, 0.2) is 104 Å². The second-order valence-electron chi connectivity index (χ2n) is 7.95. The third-order valence-electron chi connectivity index (χ3n) is 5.24. The average molecular weight is 578 g/mol. The first kappa shape index (κ1) is 27.1. The number of primary sulfonamides is 1. The van der Waals surface area contributed by atoms with E-state index in [4.69, 9.17) is 32.8 Å². The fraction of sp³-hybridized carbons (Fsp3) is 0.0800. The Kier molecular flexibility index (Phi) is 8.17. The predicted octanol–water partition coefficient (Wildman–Crippen LogP) is 5.38. The van der Waals surface area contributed by atoms with Crippen LogP contribution >= 0.6 is 23.2 Å². The Morgan fingerprint density at radius 1 is 0.757 bits per heavy atom. The summed E-state index contributed by atoms with van der Waals surface area (Å²) in [5, 5.41) is 6.08. The summed E-state index contributed by atoms with van der Waals surface area (Å²) in [6, 6.07) is 21.9. The molecule has 4 aromatic rings. The van der Waals surface area contributed by atoms with Crippen molar-refractivity contribution in [3.05, 3.63) is 112 Å². The third kappa shape index (κ3) is 7.07. The van der Waals surface area contributed by atoms with Gasteiger partial charge in [-0.15, -0.1) is 0 Å². The number of benzene rings is 3. The van der Waals surface area contributed by atoms with Gasteiger partial charge < -0.3 is 4.42 Å². The molecule has 0 bridgehead atoms. The molecule has 0 saturated heterocycles. The van der Waals surface area contributed by atoms with Crippen LogP contribution in [0.5, 0.6) is 0 Å². The molecule has 0 atom stereocenters. The molecule has 0 fully saturated rings. The molecule has 8 nitrogen and oxygen atoms in total. The van der Waals surface area contributed by atoms with E-state index in [1.54, 1.807) is 36.4 Å². The normalized spacial score (nSPS) is 12.4. The first-order chi connectivity index (χ1) is 17.5. The molecule has 0 aliphatic carbocycles. The van der Waals surface area contributed by atoms with Gasteiger partial charge >= 0.3 is 0 Å². The Balaban J connectivity index is 1.56. The summed E-state index contributed by atoms with van der Waals surface area (Å²) in [7, 11) is -7.69. The van der Waals surface area contributed by atoms with Crippen molar-refractivity contribution in [2.45, 2.75) is 22.9 Å². The molecule has 1 aromatic heterocycles. The zero-order chi connectivity index (χ0) is 26.6. The molecule has 0 amide bonds. The molecule has 12 heteroatoms. The Morgan fingerprint density at radius 3 is 1.92 bits per heavy atom. The molecule has 3 aromatic carbocycles. The van der Waals surface area contributed by atoms with Crippen LogP contribution in [0.3, 0.4) is 0 Å². The predicted molar refractivity (Wildman–Crippen MR) is 143 cm³/mol. The highest BCUT2D eigenvalue weighted by molar-refractivity contribution is 7.89. The first-order valence-electron chi connectivity index (χ1n) is 10.8. The lowest BCUT2D eigenvalue weighted by Gasteiger charge is -2.21. The molecule has 2 N–H and O–H groups in total. The minimum absolute atomic E-state index is 0.0191. The minimum atomic E-state index is -3.90. The van der Waals surface area contributed by atoms with Gasteiger partial charge in [0.2, 0.25) is 20.0 Å². The average Bonchev–Trinajstić information content (AvgIpc) is 3.31. The summed E-state index contributed by atoms with van der Waals surface area (Å²) >= 11 is 11.9. The highest BCUT2D eigenvalue weighted by Crippen LogP contribution is 2.24. The van der Waals surface area contributed by atoms with E-state index in [0.29, 0.717) is 27.3 Å². The molecule has 0 unspecified atom stereocenters. The Labute approximate surface area is 225 Å². The second-order valence-corrected chi connectivity index (χ2v) is 12.3. The Bertz CT molecular complexity index is 1620. The first-order valence-corrected chi connectivity index (χ1v) is 14.5. The van der Waals surface area contributed by atoms with Gasteiger partial charge in [0.05, 0.1) is 28.2 Å². The van der Waals surface area contributed by atoms with Gasteiger partial charge in [-0.3, -0.25) is 4.99 Å². The van der Waals surface area contributed by atoms with Gasteiger partial charge in [-0.05, 0) is 78.4 Å². The van der Waals surface area contributed by atoms with Crippen molar-refractivity contribution in [3.63, 3.8) is 0 Å². The highest BCUT2D eigenvalue weighted by Gasteiger charge is 2.26. The van der Waals surface area contributed by atoms with E-state index >= 15 is 0 Å². The quantitative estimate of drug-likeness (QED) is 0.267. The van der Waals surface area contributed by atoms with Crippen molar-refractivity contribution in [1.82, 2.24) is 4.31 Å². The largest absolute Gasteiger partial charge is 0.459 e. The second kappa shape index (κ2) is 11.2. The molecule has 0 aliphatic rings. The molecular weight excluding hydrogens is 557 g/mol. The van der Waals surface area contributed by atoms with E-state index in [-0.39, 0.29) is 22.9 Å². The fourth-order valence-corrected chi connectivity index (χ4v) is 5.52. The number of nitrogens with zero attached hydrogens (tertiary/aromatic N) is 2. The summed E-state index contributed by atoms with van der Waals surface area (Å²) in [6.45, 7) is 0.0487. The lowest BCUT2D eigenvalue weighted by Crippen LogP contribution is -2.30. The Hall–Kier alpha value is -2.99. The minimum Gasteiger partial charge on any atom is -0.459 e. The number of sulfonamides is 2. The van der Waals surface area contributed by atoms with Gasteiger partial charge in [0.1, 0.15) is 11.5 Å². The van der Waals surface area contributed by atoms with E-state index in [1.807, 2.05) is 0 Å². The summed E-state index contributed by atoms with van der Waals surface area (Å²) in [4.78, 5) is 4.34. The number of halogens is 2. The fourth-order valence-electron chi connectivity index (χ4n) is 3.36. The summed E-state index contributed by atoms with van der Waals surface area (Å²) in [5.74, 6) is 0.790. The molecule has 0 spiro atoms. The van der Waals surface area contributed by atoms with Crippen LogP contribution in [0.4, 0.5) is 5.69 Å². The maximum atomic E-state index is 13.5. The summed E-state index contributed by atoms with van der Waals surface area (Å²) < 4.78 is 56.8. The number of aliphatic imine (C=N–C) groups is 1. The smallest absolute Gasteiger partial charge is 0.243 e. The van der Waals surface area contributed by atoms with E-state index in [2.05, 4.69) is 4.99 Å². The lowest BCUT2D eigenvalue weighted by atomic mass is 10.2. The van der Waals surface area contributed by atoms with Crippen LogP contribution in [0.25, 0.3) is 0 Å². The van der Waals surface area contributed by atoms with E-state index in [0.717, 1.165) is 5.56 Å². The van der Waals surface area contributed by atoms with E-state index < -0.39 is 20.0 Å². The topological polar surface area (TPSA) is 123 Å². The molecule has 0 aliphatic heterocycles. The van der Waals surface area contributed by atoms with Crippen molar-refractivity contribution in [3.8, 4) is 0 Å². The zero-order valence-corrected chi connectivity index (χ0v) is 22.3. The van der Waals surface area contributed by atoms with Crippen LogP contribution < -0.4 is 5.14 Å². The van der Waals surface area contributed by atoms with Gasteiger partial charge in [0, 0.05) is 16.6 Å². The number of rotatable bonds is 9. The van der Waals surface area contributed by atoms with E-state index in [1.165, 1.54) is 59.1 Å². The third-order valence-corrected chi connectivity index (χ3v) is 8.48. The number of hydrogen-bond donors (Lipinski definition) is 1. The maximum Gasteiger partial charge on any atom is 0.243 e. The van der Waals surface area contributed by atoms with Gasteiger partial charge in [0.25, 0.3) is 0 Å². The maximum absolute atomic E-state index is 13.5.